The summed E-state index contributed by atoms with van der Waals surface area (Å²) in [5, 5.41) is 5.25. The SMILES string of the molecule is CCCN(CC(=O)NCC(=O)Nc1ccc(OC)cc1)C(=O)C1CC1. The second-order valence-electron chi connectivity index (χ2n) is 6.09. The van der Waals surface area contributed by atoms with Crippen LogP contribution in [0.5, 0.6) is 5.75 Å². The molecule has 1 saturated carbocycles. The van der Waals surface area contributed by atoms with Crippen LogP contribution in [0.1, 0.15) is 26.2 Å². The standard InChI is InChI=1S/C18H25N3O4/c1-3-10-21(18(24)13-4-5-13)12-17(23)19-11-16(22)20-14-6-8-15(25-2)9-7-14/h6-9,13H,3-5,10-12H2,1-2H3,(H,19,23)(H,20,22). The van der Waals surface area contributed by atoms with E-state index in [0.29, 0.717) is 18.0 Å². The minimum atomic E-state index is -0.327. The lowest BCUT2D eigenvalue weighted by molar-refractivity contribution is -0.137. The van der Waals surface area contributed by atoms with Crippen LogP contribution in [0, 0.1) is 5.92 Å². The molecule has 7 heteroatoms. The van der Waals surface area contributed by atoms with Gasteiger partial charge in [0.1, 0.15) is 5.75 Å². The lowest BCUT2D eigenvalue weighted by Gasteiger charge is -2.21. The van der Waals surface area contributed by atoms with Gasteiger partial charge in [-0.05, 0) is 43.5 Å². The number of benzene rings is 1. The number of hydrogen-bond donors (Lipinski definition) is 2. The van der Waals surface area contributed by atoms with Gasteiger partial charge >= 0.3 is 0 Å². The lowest BCUT2D eigenvalue weighted by atomic mass is 10.3. The lowest BCUT2D eigenvalue weighted by Crippen LogP contribution is -2.43. The Kier molecular flexibility index (Phi) is 6.80. The van der Waals surface area contributed by atoms with E-state index in [-0.39, 0.29) is 36.7 Å². The third-order valence-electron chi connectivity index (χ3n) is 3.89. The second-order valence-corrected chi connectivity index (χ2v) is 6.09. The first-order valence-electron chi connectivity index (χ1n) is 8.53. The molecule has 1 aliphatic rings. The summed E-state index contributed by atoms with van der Waals surface area (Å²) in [5.41, 5.74) is 0.622. The molecule has 0 heterocycles. The van der Waals surface area contributed by atoms with Gasteiger partial charge in [-0.25, -0.2) is 0 Å². The summed E-state index contributed by atoms with van der Waals surface area (Å²) in [7, 11) is 1.57. The van der Waals surface area contributed by atoms with Crippen LogP contribution >= 0.6 is 0 Å². The maximum absolute atomic E-state index is 12.1. The summed E-state index contributed by atoms with van der Waals surface area (Å²) >= 11 is 0. The fourth-order valence-electron chi connectivity index (χ4n) is 2.41. The first-order chi connectivity index (χ1) is 12.0. The van der Waals surface area contributed by atoms with Crippen LogP contribution in [0.25, 0.3) is 0 Å². The molecule has 1 aromatic rings. The Morgan fingerprint density at radius 1 is 1.16 bits per heavy atom. The average Bonchev–Trinajstić information content (AvgIpc) is 3.45. The molecule has 3 amide bonds. The van der Waals surface area contributed by atoms with Gasteiger partial charge in [0.2, 0.25) is 17.7 Å². The van der Waals surface area contributed by atoms with Crippen molar-refractivity contribution in [1.82, 2.24) is 10.2 Å². The molecule has 0 atom stereocenters. The molecule has 2 N–H and O–H groups in total. The molecule has 0 radical (unpaired) electrons. The molecule has 7 nitrogen and oxygen atoms in total. The van der Waals surface area contributed by atoms with Gasteiger partial charge in [-0.2, -0.15) is 0 Å². The van der Waals surface area contributed by atoms with E-state index in [2.05, 4.69) is 10.6 Å². The Morgan fingerprint density at radius 2 is 1.84 bits per heavy atom. The Hall–Kier alpha value is -2.57. The molecular weight excluding hydrogens is 322 g/mol. The van der Waals surface area contributed by atoms with Crippen molar-refractivity contribution in [2.75, 3.05) is 32.1 Å². The highest BCUT2D eigenvalue weighted by Crippen LogP contribution is 2.30. The Balaban J connectivity index is 1.75. The zero-order valence-electron chi connectivity index (χ0n) is 14.7. The minimum absolute atomic E-state index is 0.00100. The van der Waals surface area contributed by atoms with E-state index < -0.39 is 0 Å². The van der Waals surface area contributed by atoms with E-state index in [1.807, 2.05) is 6.92 Å². The molecule has 1 aliphatic carbocycles. The first-order valence-corrected chi connectivity index (χ1v) is 8.53. The zero-order valence-corrected chi connectivity index (χ0v) is 14.7. The molecular formula is C18H25N3O4. The van der Waals surface area contributed by atoms with Crippen molar-refractivity contribution in [2.45, 2.75) is 26.2 Å². The van der Waals surface area contributed by atoms with Gasteiger partial charge in [-0.3, -0.25) is 14.4 Å². The Labute approximate surface area is 147 Å². The van der Waals surface area contributed by atoms with Gasteiger partial charge in [-0.1, -0.05) is 6.92 Å². The Bertz CT molecular complexity index is 611. The summed E-state index contributed by atoms with van der Waals surface area (Å²) in [6.07, 6.45) is 2.61. The minimum Gasteiger partial charge on any atom is -0.497 e. The summed E-state index contributed by atoms with van der Waals surface area (Å²) in [5.74, 6) is 0.168. The van der Waals surface area contributed by atoms with Gasteiger partial charge < -0.3 is 20.3 Å². The molecule has 0 bridgehead atoms. The quantitative estimate of drug-likeness (QED) is 0.707. The fourth-order valence-corrected chi connectivity index (χ4v) is 2.41. The van der Waals surface area contributed by atoms with Crippen molar-refractivity contribution < 1.29 is 19.1 Å². The van der Waals surface area contributed by atoms with E-state index in [1.54, 1.807) is 36.3 Å². The van der Waals surface area contributed by atoms with Gasteiger partial charge in [0.25, 0.3) is 0 Å². The third kappa shape index (κ3) is 6.10. The number of ether oxygens (including phenoxy) is 1. The normalized spacial score (nSPS) is 13.0. The van der Waals surface area contributed by atoms with E-state index in [0.717, 1.165) is 19.3 Å². The zero-order chi connectivity index (χ0) is 18.2. The number of anilines is 1. The second kappa shape index (κ2) is 9.05. The molecule has 0 aliphatic heterocycles. The number of nitrogens with zero attached hydrogens (tertiary/aromatic N) is 1. The van der Waals surface area contributed by atoms with E-state index >= 15 is 0 Å². The first kappa shape index (κ1) is 18.8. The maximum Gasteiger partial charge on any atom is 0.243 e. The number of amides is 3. The monoisotopic (exact) mass is 347 g/mol. The summed E-state index contributed by atoms with van der Waals surface area (Å²) < 4.78 is 5.05. The van der Waals surface area contributed by atoms with E-state index in [9.17, 15) is 14.4 Å². The topological polar surface area (TPSA) is 87.7 Å². The van der Waals surface area contributed by atoms with Crippen LogP contribution in [-0.4, -0.2) is 49.4 Å². The van der Waals surface area contributed by atoms with Gasteiger partial charge in [0, 0.05) is 18.2 Å². The molecule has 1 fully saturated rings. The molecule has 1 aromatic carbocycles. The third-order valence-corrected chi connectivity index (χ3v) is 3.89. The van der Waals surface area contributed by atoms with Crippen molar-refractivity contribution in [2.24, 2.45) is 5.92 Å². The molecule has 0 aromatic heterocycles. The number of methoxy groups -OCH3 is 1. The molecule has 2 rings (SSSR count). The van der Waals surface area contributed by atoms with Crippen LogP contribution in [0.2, 0.25) is 0 Å². The summed E-state index contributed by atoms with van der Waals surface area (Å²) in [6.45, 7) is 2.38. The van der Waals surface area contributed by atoms with Crippen LogP contribution in [0.3, 0.4) is 0 Å². The van der Waals surface area contributed by atoms with Crippen LogP contribution < -0.4 is 15.4 Å². The number of carbonyl (C=O) groups excluding carboxylic acids is 3. The Morgan fingerprint density at radius 3 is 2.40 bits per heavy atom. The van der Waals surface area contributed by atoms with Crippen molar-refractivity contribution >= 4 is 23.4 Å². The van der Waals surface area contributed by atoms with Crippen LogP contribution in [-0.2, 0) is 14.4 Å². The highest BCUT2D eigenvalue weighted by atomic mass is 16.5. The average molecular weight is 347 g/mol. The highest BCUT2D eigenvalue weighted by Gasteiger charge is 2.33. The number of hydrogen-bond acceptors (Lipinski definition) is 4. The molecule has 136 valence electrons. The van der Waals surface area contributed by atoms with Crippen LogP contribution in [0.15, 0.2) is 24.3 Å². The van der Waals surface area contributed by atoms with Crippen molar-refractivity contribution in [1.29, 1.82) is 0 Å². The predicted molar refractivity (Wildman–Crippen MR) is 94.2 cm³/mol. The molecule has 0 saturated heterocycles. The molecule has 0 spiro atoms. The number of carbonyl (C=O) groups is 3. The number of rotatable bonds is 9. The largest absolute Gasteiger partial charge is 0.497 e. The number of nitrogens with one attached hydrogen (secondary N) is 2. The van der Waals surface area contributed by atoms with E-state index in [1.165, 1.54) is 0 Å². The van der Waals surface area contributed by atoms with E-state index in [4.69, 9.17) is 4.74 Å². The fraction of sp³-hybridized carbons (Fsp3) is 0.500. The van der Waals surface area contributed by atoms with Gasteiger partial charge in [0.05, 0.1) is 20.2 Å². The van der Waals surface area contributed by atoms with Gasteiger partial charge in [0.15, 0.2) is 0 Å². The van der Waals surface area contributed by atoms with Crippen LogP contribution in [0.4, 0.5) is 5.69 Å². The summed E-state index contributed by atoms with van der Waals surface area (Å²) in [4.78, 5) is 37.6. The smallest absolute Gasteiger partial charge is 0.243 e. The van der Waals surface area contributed by atoms with Crippen molar-refractivity contribution in [3.8, 4) is 5.75 Å². The predicted octanol–water partition coefficient (Wildman–Crippen LogP) is 1.40. The summed E-state index contributed by atoms with van der Waals surface area (Å²) in [6, 6.07) is 6.91. The maximum atomic E-state index is 12.1. The molecule has 25 heavy (non-hydrogen) atoms. The highest BCUT2D eigenvalue weighted by molar-refractivity contribution is 5.95. The van der Waals surface area contributed by atoms with Crippen molar-refractivity contribution in [3.63, 3.8) is 0 Å². The molecule has 0 unspecified atom stereocenters. The van der Waals surface area contributed by atoms with Crippen molar-refractivity contribution in [3.05, 3.63) is 24.3 Å². The van der Waals surface area contributed by atoms with Gasteiger partial charge in [-0.15, -0.1) is 0 Å².